The molecule has 7 heteroatoms. The minimum absolute atomic E-state index is 0.199. The second-order valence-corrected chi connectivity index (χ2v) is 5.05. The first-order valence-corrected chi connectivity index (χ1v) is 6.04. The highest BCUT2D eigenvalue weighted by Gasteiger charge is 2.14. The van der Waals surface area contributed by atoms with Crippen LogP contribution in [0, 0.1) is 6.92 Å². The van der Waals surface area contributed by atoms with E-state index in [1.165, 1.54) is 12.1 Å². The molecule has 0 aromatic carbocycles. The third-order valence-electron chi connectivity index (χ3n) is 1.87. The highest BCUT2D eigenvalue weighted by Crippen LogP contribution is 2.34. The molecule has 0 saturated carbocycles. The van der Waals surface area contributed by atoms with Crippen molar-refractivity contribution in [3.8, 4) is 5.88 Å². The Kier molecular flexibility index (Phi) is 3.34. The van der Waals surface area contributed by atoms with Gasteiger partial charge in [0.1, 0.15) is 0 Å². The van der Waals surface area contributed by atoms with E-state index >= 15 is 0 Å². The Morgan fingerprint density at radius 1 is 1.40 bits per heavy atom. The van der Waals surface area contributed by atoms with Gasteiger partial charge >= 0.3 is 7.60 Å². The fourth-order valence-electron chi connectivity index (χ4n) is 1.16. The normalized spacial score (nSPS) is 11.7. The Morgan fingerprint density at radius 3 is 2.47 bits per heavy atom. The number of hydrogen-bond acceptors (Lipinski definition) is 3. The summed E-state index contributed by atoms with van der Waals surface area (Å²) < 4.78 is 11.5. The summed E-state index contributed by atoms with van der Waals surface area (Å²) >= 11 is 0. The van der Waals surface area contributed by atoms with Crippen LogP contribution in [0.5, 0.6) is 5.88 Å². The molecule has 3 N–H and O–H groups in total. The fraction of sp³-hybridized carbons (Fsp3) is 0.375. The maximum absolute atomic E-state index is 11.3. The van der Waals surface area contributed by atoms with Crippen LogP contribution in [0.1, 0.15) is 5.56 Å². The van der Waals surface area contributed by atoms with Gasteiger partial charge in [-0.1, -0.05) is 0 Å². The van der Waals surface area contributed by atoms with Crippen LogP contribution in [0.25, 0.3) is 0 Å². The van der Waals surface area contributed by atoms with E-state index in [1.54, 1.807) is 6.92 Å². The Hall–Kier alpha value is -1.10. The first-order valence-electron chi connectivity index (χ1n) is 4.24. The second-order valence-electron chi connectivity index (χ2n) is 3.27. The van der Waals surface area contributed by atoms with Gasteiger partial charge in [0.05, 0.1) is 6.16 Å². The maximum Gasteiger partial charge on any atom is 0.327 e. The van der Waals surface area contributed by atoms with Crippen LogP contribution in [-0.4, -0.2) is 25.6 Å². The predicted molar refractivity (Wildman–Crippen MR) is 54.0 cm³/mol. The SMILES string of the molecule is Cc1cc(O)n(CCP(=O)(O)O)c(=O)c1. The van der Waals surface area contributed by atoms with Crippen molar-refractivity contribution < 1.29 is 19.5 Å². The average molecular weight is 233 g/mol. The molecule has 0 aliphatic rings. The molecule has 0 aliphatic heterocycles. The lowest BCUT2D eigenvalue weighted by Gasteiger charge is -2.09. The Bertz CT molecular complexity index is 461. The molecule has 0 atom stereocenters. The first kappa shape index (κ1) is 12.0. The molecule has 0 unspecified atom stereocenters. The second kappa shape index (κ2) is 4.18. The summed E-state index contributed by atoms with van der Waals surface area (Å²) in [6, 6.07) is 2.65. The van der Waals surface area contributed by atoms with Gasteiger partial charge in [0.2, 0.25) is 0 Å². The van der Waals surface area contributed by atoms with Crippen molar-refractivity contribution >= 4 is 7.60 Å². The summed E-state index contributed by atoms with van der Waals surface area (Å²) in [5, 5.41) is 9.38. The molecule has 0 fully saturated rings. The number of pyridine rings is 1. The predicted octanol–water partition coefficient (Wildman–Crippen LogP) is 0.0400. The van der Waals surface area contributed by atoms with E-state index in [1.807, 2.05) is 0 Å². The summed E-state index contributed by atoms with van der Waals surface area (Å²) in [5.74, 6) is -0.284. The molecule has 0 bridgehead atoms. The molecule has 1 rings (SSSR count). The zero-order valence-electron chi connectivity index (χ0n) is 8.12. The Morgan fingerprint density at radius 2 is 2.00 bits per heavy atom. The van der Waals surface area contributed by atoms with E-state index in [0.29, 0.717) is 5.56 Å². The van der Waals surface area contributed by atoms with Crippen LogP contribution in [-0.2, 0) is 11.1 Å². The van der Waals surface area contributed by atoms with E-state index in [-0.39, 0.29) is 12.4 Å². The van der Waals surface area contributed by atoms with E-state index in [2.05, 4.69) is 0 Å². The average Bonchev–Trinajstić information content (AvgIpc) is 1.99. The van der Waals surface area contributed by atoms with Gasteiger partial charge in [-0.25, -0.2) is 0 Å². The van der Waals surface area contributed by atoms with Gasteiger partial charge in [-0.3, -0.25) is 13.9 Å². The van der Waals surface area contributed by atoms with Gasteiger partial charge in [-0.15, -0.1) is 0 Å². The lowest BCUT2D eigenvalue weighted by atomic mass is 10.3. The van der Waals surface area contributed by atoms with Crippen molar-refractivity contribution in [3.05, 3.63) is 28.0 Å². The highest BCUT2D eigenvalue weighted by atomic mass is 31.2. The van der Waals surface area contributed by atoms with Crippen LogP contribution >= 0.6 is 7.60 Å². The third-order valence-corrected chi connectivity index (χ3v) is 2.65. The number of nitrogens with zero attached hydrogens (tertiary/aromatic N) is 1. The van der Waals surface area contributed by atoms with Crippen LogP contribution in [0.3, 0.4) is 0 Å². The molecule has 6 nitrogen and oxygen atoms in total. The van der Waals surface area contributed by atoms with Gasteiger partial charge in [0.15, 0.2) is 5.88 Å². The van der Waals surface area contributed by atoms with Gasteiger partial charge in [0.25, 0.3) is 5.56 Å². The summed E-state index contributed by atoms with van der Waals surface area (Å²) in [6.07, 6.45) is -0.469. The summed E-state index contributed by atoms with van der Waals surface area (Å²) in [6.45, 7) is 1.45. The largest absolute Gasteiger partial charge is 0.494 e. The molecule has 84 valence electrons. The fourth-order valence-corrected chi connectivity index (χ4v) is 1.62. The minimum atomic E-state index is -4.15. The minimum Gasteiger partial charge on any atom is -0.494 e. The number of aromatic hydroxyl groups is 1. The number of aromatic nitrogens is 1. The van der Waals surface area contributed by atoms with E-state index < -0.39 is 19.3 Å². The van der Waals surface area contributed by atoms with E-state index in [9.17, 15) is 14.5 Å². The van der Waals surface area contributed by atoms with Gasteiger partial charge < -0.3 is 14.9 Å². The molecule has 1 aromatic rings. The standard InChI is InChI=1S/C8H12NO5P/c1-6-4-7(10)9(8(11)5-6)2-3-15(12,13)14/h4-5,10H,2-3H2,1H3,(H2,12,13,14). The highest BCUT2D eigenvalue weighted by molar-refractivity contribution is 7.51. The van der Waals surface area contributed by atoms with Crippen LogP contribution in [0.4, 0.5) is 0 Å². The molecular formula is C8H12NO5P. The van der Waals surface area contributed by atoms with Gasteiger partial charge in [0, 0.05) is 18.7 Å². The van der Waals surface area contributed by atoms with Crippen molar-refractivity contribution in [3.63, 3.8) is 0 Å². The lowest BCUT2D eigenvalue weighted by Crippen LogP contribution is -2.21. The van der Waals surface area contributed by atoms with Crippen molar-refractivity contribution in [1.29, 1.82) is 0 Å². The Balaban J connectivity index is 2.96. The van der Waals surface area contributed by atoms with Crippen molar-refractivity contribution in [2.75, 3.05) is 6.16 Å². The third kappa shape index (κ3) is 3.51. The van der Waals surface area contributed by atoms with Gasteiger partial charge in [-0.05, 0) is 12.5 Å². The zero-order chi connectivity index (χ0) is 11.6. The monoisotopic (exact) mass is 233 g/mol. The smallest absolute Gasteiger partial charge is 0.327 e. The van der Waals surface area contributed by atoms with E-state index in [4.69, 9.17) is 9.79 Å². The summed E-state index contributed by atoms with van der Waals surface area (Å²) in [5.41, 5.74) is 0.130. The molecular weight excluding hydrogens is 221 g/mol. The van der Waals surface area contributed by atoms with Gasteiger partial charge in [-0.2, -0.15) is 0 Å². The van der Waals surface area contributed by atoms with Crippen molar-refractivity contribution in [2.45, 2.75) is 13.5 Å². The van der Waals surface area contributed by atoms with E-state index in [0.717, 1.165) is 4.57 Å². The molecule has 0 radical (unpaired) electrons. The molecule has 0 aliphatic carbocycles. The van der Waals surface area contributed by atoms with Crippen LogP contribution in [0.15, 0.2) is 16.9 Å². The zero-order valence-corrected chi connectivity index (χ0v) is 9.02. The number of aryl methyl sites for hydroxylation is 1. The molecule has 0 spiro atoms. The number of rotatable bonds is 3. The van der Waals surface area contributed by atoms with Crippen LogP contribution in [0.2, 0.25) is 0 Å². The van der Waals surface area contributed by atoms with Crippen molar-refractivity contribution in [2.24, 2.45) is 0 Å². The Labute approximate surface area is 86.0 Å². The molecule has 1 aromatic heterocycles. The molecule has 15 heavy (non-hydrogen) atoms. The quantitative estimate of drug-likeness (QED) is 0.640. The molecule has 0 saturated heterocycles. The topological polar surface area (TPSA) is 99.8 Å². The lowest BCUT2D eigenvalue weighted by molar-refractivity contribution is 0.364. The molecule has 1 heterocycles. The summed E-state index contributed by atoms with van der Waals surface area (Å²) in [7, 11) is -4.15. The summed E-state index contributed by atoms with van der Waals surface area (Å²) in [4.78, 5) is 28.6. The maximum atomic E-state index is 11.3. The number of hydrogen-bond donors (Lipinski definition) is 3. The molecule has 0 amide bonds. The first-order chi connectivity index (χ1) is 6.79. The van der Waals surface area contributed by atoms with Crippen LogP contribution < -0.4 is 5.56 Å². The van der Waals surface area contributed by atoms with Crippen molar-refractivity contribution in [1.82, 2.24) is 4.57 Å².